The second-order valence-electron chi connectivity index (χ2n) is 12.7. The number of carbonyl (C=O) groups is 2. The predicted octanol–water partition coefficient (Wildman–Crippen LogP) is 5.27. The molecule has 5 saturated carbocycles. The lowest BCUT2D eigenvalue weighted by Crippen LogP contribution is -2.51. The molecule has 2 N–H and O–H groups in total. The standard InChI is InChI=1S/C29H38FIN2O4/c1-15-20-10-18(13-29(15,20)31)37-23-11-19(22(36-3)12-21(23)30)26(34)33-25-17-6-5-16(9-17)24(25)27(35)32-14-28(2)7-4-8-28/h11-12,15-18,20,24-25H,4-10,13-14H2,1-3H3,(H,32,35)(H,33,34)/t15-,16+,17-,18-,20-,24-,25+,29-/m0/s1. The number of benzene rings is 1. The molecular formula is C29H38FIN2O4. The van der Waals surface area contributed by atoms with E-state index in [4.69, 9.17) is 9.47 Å². The SMILES string of the molecule is COc1cc(F)c(O[C@H]2C[C@H]3[C@H](C)[C@@]3(I)C2)cc1C(=O)N[C@@H]1[C@H]2CC[C@H](C2)[C@@H]1C(=O)NCC1(C)CCC1. The molecule has 0 spiro atoms. The molecule has 0 saturated heterocycles. The molecule has 0 aromatic heterocycles. The molecular weight excluding hydrogens is 586 g/mol. The first-order chi connectivity index (χ1) is 17.6. The summed E-state index contributed by atoms with van der Waals surface area (Å²) in [5.41, 5.74) is 0.460. The van der Waals surface area contributed by atoms with Crippen LogP contribution in [0.5, 0.6) is 11.5 Å². The van der Waals surface area contributed by atoms with Crippen molar-refractivity contribution < 1.29 is 23.5 Å². The van der Waals surface area contributed by atoms with Crippen LogP contribution >= 0.6 is 22.6 Å². The number of hydrogen-bond acceptors (Lipinski definition) is 4. The van der Waals surface area contributed by atoms with Crippen LogP contribution in [-0.4, -0.2) is 41.0 Å². The lowest BCUT2D eigenvalue weighted by Gasteiger charge is -2.39. The number of fused-ring (bicyclic) bond motifs is 3. The lowest BCUT2D eigenvalue weighted by molar-refractivity contribution is -0.128. The van der Waals surface area contributed by atoms with Gasteiger partial charge in [0.15, 0.2) is 11.6 Å². The fraction of sp³-hybridized carbons (Fsp3) is 0.724. The second-order valence-corrected chi connectivity index (χ2v) is 14.7. The van der Waals surface area contributed by atoms with Gasteiger partial charge in [-0.15, -0.1) is 0 Å². The Morgan fingerprint density at radius 2 is 1.92 bits per heavy atom. The maximum atomic E-state index is 14.9. The number of halogens is 2. The quantitative estimate of drug-likeness (QED) is 0.306. The van der Waals surface area contributed by atoms with Gasteiger partial charge < -0.3 is 20.1 Å². The molecule has 37 heavy (non-hydrogen) atoms. The van der Waals surface area contributed by atoms with E-state index in [0.29, 0.717) is 30.2 Å². The first-order valence-electron chi connectivity index (χ1n) is 13.9. The van der Waals surface area contributed by atoms with Crippen LogP contribution in [0.4, 0.5) is 4.39 Å². The first-order valence-corrected chi connectivity index (χ1v) is 15.0. The van der Waals surface area contributed by atoms with Crippen molar-refractivity contribution in [2.45, 2.75) is 80.8 Å². The normalized spacial score (nSPS) is 38.5. The minimum absolute atomic E-state index is 0.0481. The van der Waals surface area contributed by atoms with Gasteiger partial charge in [0.2, 0.25) is 5.91 Å². The lowest BCUT2D eigenvalue weighted by atomic mass is 9.70. The molecule has 1 aromatic carbocycles. The van der Waals surface area contributed by atoms with Gasteiger partial charge in [-0.1, -0.05) is 42.9 Å². The van der Waals surface area contributed by atoms with Crippen molar-refractivity contribution in [3.05, 3.63) is 23.5 Å². The highest BCUT2D eigenvalue weighted by Gasteiger charge is 2.66. The summed E-state index contributed by atoms with van der Waals surface area (Å²) < 4.78 is 26.7. The average Bonchev–Trinajstić information content (AvgIpc) is 3.34. The zero-order valence-corrected chi connectivity index (χ0v) is 24.1. The smallest absolute Gasteiger partial charge is 0.255 e. The number of alkyl halides is 1. The molecule has 6 nitrogen and oxygen atoms in total. The fourth-order valence-corrected chi connectivity index (χ4v) is 9.40. The molecule has 5 aliphatic rings. The minimum atomic E-state index is -0.522. The van der Waals surface area contributed by atoms with Crippen LogP contribution in [0.15, 0.2) is 12.1 Å². The van der Waals surface area contributed by atoms with Gasteiger partial charge in [0.1, 0.15) is 11.9 Å². The van der Waals surface area contributed by atoms with Crippen molar-refractivity contribution in [2.24, 2.45) is 35.0 Å². The summed E-state index contributed by atoms with van der Waals surface area (Å²) in [6, 6.07) is 2.50. The van der Waals surface area contributed by atoms with Gasteiger partial charge >= 0.3 is 0 Å². The molecule has 0 radical (unpaired) electrons. The first kappa shape index (κ1) is 25.7. The molecule has 2 bridgehead atoms. The number of carbonyl (C=O) groups excluding carboxylic acids is 2. The van der Waals surface area contributed by atoms with Crippen LogP contribution in [-0.2, 0) is 4.79 Å². The van der Waals surface area contributed by atoms with Gasteiger partial charge in [-0.2, -0.15) is 0 Å². The van der Waals surface area contributed by atoms with E-state index in [9.17, 15) is 14.0 Å². The van der Waals surface area contributed by atoms with E-state index < -0.39 is 5.82 Å². The van der Waals surface area contributed by atoms with Crippen LogP contribution in [0.1, 0.15) is 75.6 Å². The highest BCUT2D eigenvalue weighted by Crippen LogP contribution is 2.67. The summed E-state index contributed by atoms with van der Waals surface area (Å²) in [6.07, 6.45) is 8.31. The molecule has 6 rings (SSSR count). The van der Waals surface area contributed by atoms with Gasteiger partial charge in [0.05, 0.1) is 18.6 Å². The molecule has 5 aliphatic carbocycles. The molecule has 8 atom stereocenters. The van der Waals surface area contributed by atoms with Crippen LogP contribution in [0.3, 0.4) is 0 Å². The summed E-state index contributed by atoms with van der Waals surface area (Å²) in [5.74, 6) is 1.14. The topological polar surface area (TPSA) is 76.7 Å². The third-order valence-electron chi connectivity index (χ3n) is 10.5. The Morgan fingerprint density at radius 3 is 2.57 bits per heavy atom. The van der Waals surface area contributed by atoms with Gasteiger partial charge in [0.25, 0.3) is 5.91 Å². The second kappa shape index (κ2) is 9.26. The van der Waals surface area contributed by atoms with E-state index in [-0.39, 0.29) is 55.8 Å². The van der Waals surface area contributed by atoms with E-state index in [0.717, 1.165) is 44.9 Å². The number of ether oxygens (including phenoxy) is 2. The number of nitrogens with one attached hydrogen (secondary N) is 2. The average molecular weight is 625 g/mol. The van der Waals surface area contributed by atoms with E-state index in [1.807, 2.05) is 0 Å². The number of amides is 2. The van der Waals surface area contributed by atoms with Crippen molar-refractivity contribution in [1.29, 1.82) is 0 Å². The zero-order valence-electron chi connectivity index (χ0n) is 21.9. The highest BCUT2D eigenvalue weighted by atomic mass is 127. The molecule has 202 valence electrons. The summed E-state index contributed by atoms with van der Waals surface area (Å²) in [6.45, 7) is 5.19. The Morgan fingerprint density at radius 1 is 1.16 bits per heavy atom. The summed E-state index contributed by atoms with van der Waals surface area (Å²) in [7, 11) is 1.44. The number of methoxy groups -OCH3 is 1. The molecule has 2 amide bonds. The van der Waals surface area contributed by atoms with E-state index in [1.54, 1.807) is 0 Å². The molecule has 5 fully saturated rings. The largest absolute Gasteiger partial charge is 0.496 e. The van der Waals surface area contributed by atoms with Crippen LogP contribution in [0, 0.1) is 40.8 Å². The summed E-state index contributed by atoms with van der Waals surface area (Å²) in [4.78, 5) is 26.8. The van der Waals surface area contributed by atoms with Crippen LogP contribution in [0.25, 0.3) is 0 Å². The maximum Gasteiger partial charge on any atom is 0.255 e. The van der Waals surface area contributed by atoms with E-state index in [1.165, 1.54) is 25.7 Å². The molecule has 0 unspecified atom stereocenters. The third kappa shape index (κ3) is 4.42. The zero-order chi connectivity index (χ0) is 26.1. The Hall–Kier alpha value is -1.58. The van der Waals surface area contributed by atoms with Crippen LogP contribution in [0.2, 0.25) is 0 Å². The van der Waals surface area contributed by atoms with Crippen molar-refractivity contribution in [3.8, 4) is 11.5 Å². The monoisotopic (exact) mass is 624 g/mol. The molecule has 8 heteroatoms. The Balaban J connectivity index is 1.16. The summed E-state index contributed by atoms with van der Waals surface area (Å²) in [5, 5.41) is 6.37. The van der Waals surface area contributed by atoms with Crippen molar-refractivity contribution in [3.63, 3.8) is 0 Å². The summed E-state index contributed by atoms with van der Waals surface area (Å²) >= 11 is 2.53. The maximum absolute atomic E-state index is 14.9. The van der Waals surface area contributed by atoms with Crippen LogP contribution < -0.4 is 20.1 Å². The molecule has 0 heterocycles. The number of rotatable bonds is 8. The minimum Gasteiger partial charge on any atom is -0.496 e. The fourth-order valence-electron chi connectivity index (χ4n) is 7.86. The molecule has 1 aromatic rings. The Kier molecular flexibility index (Phi) is 6.43. The number of hydrogen-bond donors (Lipinski definition) is 2. The predicted molar refractivity (Wildman–Crippen MR) is 147 cm³/mol. The van der Waals surface area contributed by atoms with Gasteiger partial charge in [0, 0.05) is 22.1 Å². The van der Waals surface area contributed by atoms with Crippen molar-refractivity contribution >= 4 is 34.4 Å². The third-order valence-corrected chi connectivity index (χ3v) is 12.7. The Bertz CT molecular complexity index is 1110. The van der Waals surface area contributed by atoms with E-state index in [2.05, 4.69) is 47.1 Å². The Labute approximate surface area is 232 Å². The van der Waals surface area contributed by atoms with Crippen molar-refractivity contribution in [2.75, 3.05) is 13.7 Å². The molecule has 0 aliphatic heterocycles. The van der Waals surface area contributed by atoms with E-state index >= 15 is 0 Å². The highest BCUT2D eigenvalue weighted by molar-refractivity contribution is 14.1. The van der Waals surface area contributed by atoms with Gasteiger partial charge in [-0.05, 0) is 80.1 Å². The van der Waals surface area contributed by atoms with Gasteiger partial charge in [-0.3, -0.25) is 9.59 Å². The van der Waals surface area contributed by atoms with Crippen molar-refractivity contribution in [1.82, 2.24) is 10.6 Å². The van der Waals surface area contributed by atoms with Gasteiger partial charge in [-0.25, -0.2) is 4.39 Å².